The molecule has 33 heavy (non-hydrogen) atoms. The maximum Gasteiger partial charge on any atom is 1.00 e. The fraction of sp³-hybridized carbons (Fsp3) is 0.966. The van der Waals surface area contributed by atoms with Gasteiger partial charge in [0.15, 0.2) is 0 Å². The molecule has 0 aromatic carbocycles. The van der Waals surface area contributed by atoms with Crippen LogP contribution in [0.3, 0.4) is 0 Å². The van der Waals surface area contributed by atoms with E-state index in [9.17, 15) is 9.90 Å². The maximum absolute atomic E-state index is 11.7. The quantitative estimate of drug-likeness (QED) is 0.140. The first-order chi connectivity index (χ1) is 15.6. The Morgan fingerprint density at radius 2 is 0.879 bits per heavy atom. The molecule has 0 saturated carbocycles. The first kappa shape index (κ1) is 35.6. The van der Waals surface area contributed by atoms with Gasteiger partial charge >= 0.3 is 29.6 Å². The van der Waals surface area contributed by atoms with E-state index in [4.69, 9.17) is 0 Å². The van der Waals surface area contributed by atoms with E-state index in [0.717, 1.165) is 25.8 Å². The summed E-state index contributed by atoms with van der Waals surface area (Å²) in [6, 6.07) is 0. The van der Waals surface area contributed by atoms with E-state index >= 15 is 0 Å². The summed E-state index contributed by atoms with van der Waals surface area (Å²) < 4.78 is 0. The fourth-order valence-electron chi connectivity index (χ4n) is 4.56. The maximum atomic E-state index is 11.7. The van der Waals surface area contributed by atoms with E-state index < -0.39 is 11.5 Å². The minimum Gasteiger partial charge on any atom is -0.548 e. The Hall–Kier alpha value is 0.430. The molecule has 0 aromatic heterocycles. The Balaban J connectivity index is 0. The van der Waals surface area contributed by atoms with Gasteiger partial charge in [0.2, 0.25) is 0 Å². The summed E-state index contributed by atoms with van der Waals surface area (Å²) in [7, 11) is 0. The van der Waals surface area contributed by atoms with E-state index in [2.05, 4.69) is 19.2 Å². The molecule has 1 atom stereocenters. The molecule has 1 N–H and O–H groups in total. The van der Waals surface area contributed by atoms with Crippen LogP contribution in [0.1, 0.15) is 168 Å². The molecule has 0 spiro atoms. The normalized spacial score (nSPS) is 12.9. The van der Waals surface area contributed by atoms with Crippen LogP contribution in [-0.4, -0.2) is 18.1 Å². The van der Waals surface area contributed by atoms with Crippen LogP contribution in [0.25, 0.3) is 0 Å². The van der Waals surface area contributed by atoms with Crippen LogP contribution in [0.5, 0.6) is 0 Å². The zero-order chi connectivity index (χ0) is 23.8. The molecule has 0 bridgehead atoms. The van der Waals surface area contributed by atoms with Crippen molar-refractivity contribution in [1.29, 1.82) is 0 Å². The van der Waals surface area contributed by atoms with E-state index in [1.54, 1.807) is 0 Å². The third-order valence-corrected chi connectivity index (χ3v) is 7.03. The molecular formula is C29H58NNaO2. The number of hydrogen-bond donors (Lipinski definition) is 1. The van der Waals surface area contributed by atoms with Gasteiger partial charge in [-0.2, -0.15) is 0 Å². The molecule has 3 nitrogen and oxygen atoms in total. The smallest absolute Gasteiger partial charge is 0.548 e. The Morgan fingerprint density at radius 3 is 1.21 bits per heavy atom. The predicted molar refractivity (Wildman–Crippen MR) is 139 cm³/mol. The third kappa shape index (κ3) is 23.9. The van der Waals surface area contributed by atoms with Gasteiger partial charge in [0.05, 0.1) is 11.5 Å². The van der Waals surface area contributed by atoms with Crippen LogP contribution in [-0.2, 0) is 4.79 Å². The largest absolute Gasteiger partial charge is 1.00 e. The topological polar surface area (TPSA) is 52.2 Å². The van der Waals surface area contributed by atoms with Crippen molar-refractivity contribution in [3.05, 3.63) is 0 Å². The molecule has 0 radical (unpaired) electrons. The van der Waals surface area contributed by atoms with Crippen LogP contribution in [0.2, 0.25) is 0 Å². The Bertz CT molecular complexity index is 405. The number of aliphatic carboxylic acids is 1. The molecule has 0 aliphatic carbocycles. The SMILES string of the molecule is CCCCCCCCCCCCCCC(C)(NCCCCCCCCCCCC)C(=O)[O-].[Na+]. The number of carboxylic acids is 1. The summed E-state index contributed by atoms with van der Waals surface area (Å²) in [6.45, 7) is 7.14. The molecular weight excluding hydrogens is 417 g/mol. The Labute approximate surface area is 230 Å². The first-order valence-corrected chi connectivity index (χ1v) is 14.5. The number of carbonyl (C=O) groups excluding carboxylic acids is 1. The molecule has 0 saturated heterocycles. The van der Waals surface area contributed by atoms with Crippen molar-refractivity contribution in [2.45, 2.75) is 174 Å². The summed E-state index contributed by atoms with van der Waals surface area (Å²) >= 11 is 0. The average Bonchev–Trinajstić information content (AvgIpc) is 2.78. The van der Waals surface area contributed by atoms with Crippen molar-refractivity contribution < 1.29 is 39.5 Å². The molecule has 0 aliphatic heterocycles. The van der Waals surface area contributed by atoms with Gasteiger partial charge in [-0.05, 0) is 26.3 Å². The molecule has 1 unspecified atom stereocenters. The van der Waals surface area contributed by atoms with Crippen molar-refractivity contribution in [2.24, 2.45) is 0 Å². The van der Waals surface area contributed by atoms with Gasteiger partial charge in [-0.25, -0.2) is 0 Å². The van der Waals surface area contributed by atoms with Gasteiger partial charge in [0, 0.05) is 0 Å². The Morgan fingerprint density at radius 1 is 0.576 bits per heavy atom. The monoisotopic (exact) mass is 475 g/mol. The van der Waals surface area contributed by atoms with E-state index in [-0.39, 0.29) is 29.6 Å². The van der Waals surface area contributed by atoms with Crippen LogP contribution in [0.4, 0.5) is 0 Å². The molecule has 192 valence electrons. The van der Waals surface area contributed by atoms with Crippen LogP contribution in [0.15, 0.2) is 0 Å². The second-order valence-corrected chi connectivity index (χ2v) is 10.4. The number of unbranched alkanes of at least 4 members (excludes halogenated alkanes) is 20. The van der Waals surface area contributed by atoms with Gasteiger partial charge in [-0.15, -0.1) is 0 Å². The van der Waals surface area contributed by atoms with Crippen molar-refractivity contribution >= 4 is 5.97 Å². The minimum atomic E-state index is -0.937. The predicted octanol–water partition coefficient (Wildman–Crippen LogP) is 5.10. The first-order valence-electron chi connectivity index (χ1n) is 14.5. The second-order valence-electron chi connectivity index (χ2n) is 10.4. The molecule has 0 aliphatic rings. The fourth-order valence-corrected chi connectivity index (χ4v) is 4.56. The summed E-state index contributed by atoms with van der Waals surface area (Å²) in [5.74, 6) is -0.937. The zero-order valence-corrected chi connectivity index (χ0v) is 25.3. The second kappa shape index (κ2) is 27.0. The number of hydrogen-bond acceptors (Lipinski definition) is 3. The standard InChI is InChI=1S/C29H59NO2.Na/c1-4-6-8-10-12-14-16-17-18-20-22-24-26-29(3,28(31)32)30-27-25-23-21-19-15-13-11-9-7-5-2;/h30H,4-27H2,1-3H3,(H,31,32);/q;+1/p-1. The number of carboxylic acid groups (broad SMARTS) is 1. The van der Waals surface area contributed by atoms with Gasteiger partial charge in [0.25, 0.3) is 0 Å². The number of carbonyl (C=O) groups is 1. The third-order valence-electron chi connectivity index (χ3n) is 7.03. The summed E-state index contributed by atoms with van der Waals surface area (Å²) in [5, 5.41) is 15.0. The van der Waals surface area contributed by atoms with E-state index in [1.807, 2.05) is 6.92 Å². The average molecular weight is 476 g/mol. The molecule has 4 heteroatoms. The molecule has 0 fully saturated rings. The summed E-state index contributed by atoms with van der Waals surface area (Å²) in [6.07, 6.45) is 29.4. The van der Waals surface area contributed by atoms with E-state index in [0.29, 0.717) is 6.42 Å². The van der Waals surface area contributed by atoms with Crippen molar-refractivity contribution in [3.63, 3.8) is 0 Å². The number of rotatable bonds is 26. The van der Waals surface area contributed by atoms with Crippen LogP contribution in [0, 0.1) is 0 Å². The summed E-state index contributed by atoms with van der Waals surface area (Å²) in [4.78, 5) is 11.7. The number of nitrogens with one attached hydrogen (secondary N) is 1. The molecule has 0 rings (SSSR count). The molecule has 0 aromatic rings. The van der Waals surface area contributed by atoms with Crippen molar-refractivity contribution in [3.8, 4) is 0 Å². The van der Waals surface area contributed by atoms with Crippen molar-refractivity contribution in [2.75, 3.05) is 6.54 Å². The van der Waals surface area contributed by atoms with Gasteiger partial charge in [0.1, 0.15) is 0 Å². The van der Waals surface area contributed by atoms with Gasteiger partial charge < -0.3 is 15.2 Å². The zero-order valence-electron chi connectivity index (χ0n) is 23.3. The van der Waals surface area contributed by atoms with Gasteiger partial charge in [-0.1, -0.05) is 149 Å². The Kier molecular flexibility index (Phi) is 29.1. The molecule has 0 amide bonds. The van der Waals surface area contributed by atoms with Crippen LogP contribution < -0.4 is 40.0 Å². The van der Waals surface area contributed by atoms with E-state index in [1.165, 1.54) is 122 Å². The van der Waals surface area contributed by atoms with Crippen molar-refractivity contribution in [1.82, 2.24) is 5.32 Å². The molecule has 0 heterocycles. The summed E-state index contributed by atoms with van der Waals surface area (Å²) in [5.41, 5.74) is -0.863. The van der Waals surface area contributed by atoms with Gasteiger partial charge in [-0.3, -0.25) is 0 Å². The van der Waals surface area contributed by atoms with Crippen LogP contribution >= 0.6 is 0 Å². The minimum absolute atomic E-state index is 0.